The Bertz CT molecular complexity index is 881. The van der Waals surface area contributed by atoms with E-state index in [1.807, 2.05) is 43.3 Å². The molecule has 3 aromatic rings. The maximum atomic E-state index is 10.6. The Morgan fingerprint density at radius 1 is 1.12 bits per heavy atom. The molecule has 0 bridgehead atoms. The molecule has 1 unspecified atom stereocenters. The average molecular weight is 350 g/mol. The van der Waals surface area contributed by atoms with Crippen LogP contribution in [0.4, 0.5) is 0 Å². The molecule has 4 heteroatoms. The quantitative estimate of drug-likeness (QED) is 0.715. The maximum absolute atomic E-state index is 10.6. The zero-order valence-corrected chi connectivity index (χ0v) is 15.3. The lowest BCUT2D eigenvalue weighted by Crippen LogP contribution is -2.25. The minimum absolute atomic E-state index is 0.279. The topological polar surface area (TPSA) is 47.3 Å². The van der Waals surface area contributed by atoms with Crippen molar-refractivity contribution in [3.63, 3.8) is 0 Å². The van der Waals surface area contributed by atoms with Gasteiger partial charge in [-0.15, -0.1) is 0 Å². The summed E-state index contributed by atoms with van der Waals surface area (Å²) in [5, 5.41) is 10.6. The lowest BCUT2D eigenvalue weighted by molar-refractivity contribution is 0.0921. The molecule has 1 aromatic heterocycles. The molecule has 0 spiro atoms. The van der Waals surface area contributed by atoms with E-state index in [-0.39, 0.29) is 6.61 Å². The van der Waals surface area contributed by atoms with E-state index in [0.29, 0.717) is 12.5 Å². The van der Waals surface area contributed by atoms with E-state index < -0.39 is 6.10 Å². The Hall–Kier alpha value is -2.33. The highest BCUT2D eigenvalue weighted by Gasteiger charge is 2.24. The van der Waals surface area contributed by atoms with Crippen molar-refractivity contribution in [2.24, 2.45) is 0 Å². The van der Waals surface area contributed by atoms with Gasteiger partial charge in [0.1, 0.15) is 24.3 Å². The van der Waals surface area contributed by atoms with E-state index in [0.717, 1.165) is 28.2 Å². The summed E-state index contributed by atoms with van der Waals surface area (Å²) < 4.78 is 8.05. The van der Waals surface area contributed by atoms with Crippen LogP contribution < -0.4 is 4.74 Å². The number of aromatic nitrogens is 2. The fourth-order valence-corrected chi connectivity index (χ4v) is 3.95. The Morgan fingerprint density at radius 3 is 2.65 bits per heavy atom. The zero-order chi connectivity index (χ0) is 17.9. The summed E-state index contributed by atoms with van der Waals surface area (Å²) in [5.74, 6) is 2.46. The Labute approximate surface area is 154 Å². The first-order valence-corrected chi connectivity index (χ1v) is 9.54. The zero-order valence-electron chi connectivity index (χ0n) is 15.3. The van der Waals surface area contributed by atoms with Gasteiger partial charge in [-0.3, -0.25) is 0 Å². The van der Waals surface area contributed by atoms with Gasteiger partial charge in [0.25, 0.3) is 0 Å². The van der Waals surface area contributed by atoms with Gasteiger partial charge in [0.05, 0.1) is 17.6 Å². The van der Waals surface area contributed by atoms with Crippen molar-refractivity contribution in [1.29, 1.82) is 0 Å². The van der Waals surface area contributed by atoms with Gasteiger partial charge in [0.2, 0.25) is 0 Å². The number of hydrogen-bond donors (Lipinski definition) is 1. The molecule has 26 heavy (non-hydrogen) atoms. The van der Waals surface area contributed by atoms with E-state index in [4.69, 9.17) is 9.72 Å². The normalized spacial score (nSPS) is 16.2. The molecule has 0 saturated heterocycles. The van der Waals surface area contributed by atoms with Crippen LogP contribution in [-0.4, -0.2) is 27.4 Å². The maximum Gasteiger partial charge on any atom is 0.122 e. The van der Waals surface area contributed by atoms with E-state index >= 15 is 0 Å². The minimum atomic E-state index is -0.577. The first-order valence-electron chi connectivity index (χ1n) is 9.54. The summed E-state index contributed by atoms with van der Waals surface area (Å²) >= 11 is 0. The SMILES string of the molecule is Cc1ccccc1OCC(O)Cn1c(C2CCCC2)nc2ccccc21. The molecule has 4 rings (SSSR count). The first kappa shape index (κ1) is 17.1. The number of aliphatic hydroxyl groups excluding tert-OH is 1. The summed E-state index contributed by atoms with van der Waals surface area (Å²) in [5.41, 5.74) is 3.20. The second-order valence-corrected chi connectivity index (χ2v) is 7.28. The van der Waals surface area contributed by atoms with Crippen molar-refractivity contribution in [2.75, 3.05) is 6.61 Å². The van der Waals surface area contributed by atoms with Crippen LogP contribution in [0.1, 0.15) is 43.0 Å². The highest BCUT2D eigenvalue weighted by molar-refractivity contribution is 5.76. The third kappa shape index (κ3) is 3.47. The summed E-state index contributed by atoms with van der Waals surface area (Å²) in [7, 11) is 0. The Balaban J connectivity index is 1.53. The summed E-state index contributed by atoms with van der Waals surface area (Å²) in [6.07, 6.45) is 4.35. The van der Waals surface area contributed by atoms with Crippen molar-refractivity contribution in [3.8, 4) is 5.75 Å². The fourth-order valence-electron chi connectivity index (χ4n) is 3.95. The third-order valence-electron chi connectivity index (χ3n) is 5.32. The average Bonchev–Trinajstić information content (AvgIpc) is 3.29. The molecule has 1 N–H and O–H groups in total. The van der Waals surface area contributed by atoms with Crippen molar-refractivity contribution in [2.45, 2.75) is 51.2 Å². The van der Waals surface area contributed by atoms with Crippen molar-refractivity contribution in [1.82, 2.24) is 9.55 Å². The largest absolute Gasteiger partial charge is 0.491 e. The molecule has 2 aromatic carbocycles. The number of para-hydroxylation sites is 3. The van der Waals surface area contributed by atoms with Gasteiger partial charge in [-0.25, -0.2) is 4.98 Å². The lowest BCUT2D eigenvalue weighted by atomic mass is 10.1. The van der Waals surface area contributed by atoms with Crippen molar-refractivity contribution < 1.29 is 9.84 Å². The molecule has 1 atom stereocenters. The second-order valence-electron chi connectivity index (χ2n) is 7.28. The van der Waals surface area contributed by atoms with Crippen molar-refractivity contribution >= 4 is 11.0 Å². The number of imidazole rings is 1. The minimum Gasteiger partial charge on any atom is -0.491 e. The Morgan fingerprint density at radius 2 is 1.85 bits per heavy atom. The van der Waals surface area contributed by atoms with Crippen LogP contribution in [0.15, 0.2) is 48.5 Å². The van der Waals surface area contributed by atoms with Crippen LogP contribution in [0.25, 0.3) is 11.0 Å². The van der Waals surface area contributed by atoms with Crippen LogP contribution >= 0.6 is 0 Å². The van der Waals surface area contributed by atoms with Crippen LogP contribution in [-0.2, 0) is 6.54 Å². The van der Waals surface area contributed by atoms with Gasteiger partial charge in [-0.1, -0.05) is 43.2 Å². The number of benzene rings is 2. The van der Waals surface area contributed by atoms with Gasteiger partial charge in [0, 0.05) is 5.92 Å². The van der Waals surface area contributed by atoms with Crippen LogP contribution in [0, 0.1) is 6.92 Å². The lowest BCUT2D eigenvalue weighted by Gasteiger charge is -2.18. The molecule has 4 nitrogen and oxygen atoms in total. The highest BCUT2D eigenvalue weighted by Crippen LogP contribution is 2.35. The van der Waals surface area contributed by atoms with Gasteiger partial charge >= 0.3 is 0 Å². The second kappa shape index (κ2) is 7.50. The van der Waals surface area contributed by atoms with Crippen LogP contribution in [0.2, 0.25) is 0 Å². The number of ether oxygens (including phenoxy) is 1. The summed E-state index contributed by atoms with van der Waals surface area (Å²) in [6, 6.07) is 16.1. The monoisotopic (exact) mass is 350 g/mol. The van der Waals surface area contributed by atoms with Gasteiger partial charge < -0.3 is 14.4 Å². The highest BCUT2D eigenvalue weighted by atomic mass is 16.5. The molecule has 0 amide bonds. The van der Waals surface area contributed by atoms with Gasteiger partial charge in [0.15, 0.2) is 0 Å². The molecule has 1 aliphatic carbocycles. The Kier molecular flexibility index (Phi) is 4.93. The predicted molar refractivity (Wildman–Crippen MR) is 104 cm³/mol. The number of fused-ring (bicyclic) bond motifs is 1. The van der Waals surface area contributed by atoms with Crippen molar-refractivity contribution in [3.05, 3.63) is 59.9 Å². The number of hydrogen-bond acceptors (Lipinski definition) is 3. The van der Waals surface area contributed by atoms with E-state index in [1.54, 1.807) is 0 Å². The molecule has 0 radical (unpaired) electrons. The summed E-state index contributed by atoms with van der Waals surface area (Å²) in [6.45, 7) is 2.81. The number of nitrogens with zero attached hydrogens (tertiary/aromatic N) is 2. The molecule has 0 aliphatic heterocycles. The fraction of sp³-hybridized carbons (Fsp3) is 0.409. The number of aryl methyl sites for hydroxylation is 1. The van der Waals surface area contributed by atoms with E-state index in [2.05, 4.69) is 16.7 Å². The van der Waals surface area contributed by atoms with E-state index in [9.17, 15) is 5.11 Å². The van der Waals surface area contributed by atoms with Crippen LogP contribution in [0.5, 0.6) is 5.75 Å². The predicted octanol–water partition coefficient (Wildman–Crippen LogP) is 4.44. The first-order chi connectivity index (χ1) is 12.7. The molecule has 1 aliphatic rings. The summed E-state index contributed by atoms with van der Waals surface area (Å²) in [4.78, 5) is 4.89. The molecule has 1 heterocycles. The standard InChI is InChI=1S/C22H26N2O2/c1-16-8-2-7-13-21(16)26-15-18(25)14-24-20-12-6-5-11-19(20)23-22(24)17-9-3-4-10-17/h2,5-8,11-13,17-18,25H,3-4,9-10,14-15H2,1H3. The smallest absolute Gasteiger partial charge is 0.122 e. The third-order valence-corrected chi connectivity index (χ3v) is 5.32. The van der Waals surface area contributed by atoms with E-state index in [1.165, 1.54) is 25.7 Å². The van der Waals surface area contributed by atoms with Gasteiger partial charge in [-0.05, 0) is 43.5 Å². The molecule has 136 valence electrons. The number of rotatable bonds is 6. The van der Waals surface area contributed by atoms with Gasteiger partial charge in [-0.2, -0.15) is 0 Å². The number of aliphatic hydroxyl groups is 1. The molecule has 1 fully saturated rings. The molecular weight excluding hydrogens is 324 g/mol. The molecular formula is C22H26N2O2. The molecule has 1 saturated carbocycles. The van der Waals surface area contributed by atoms with Crippen LogP contribution in [0.3, 0.4) is 0 Å².